The molecule has 0 saturated carbocycles. The van der Waals surface area contributed by atoms with Crippen LogP contribution in [0, 0.1) is 0 Å². The molecular formula is C9H7NOS2. The smallest absolute Gasteiger partial charge is 0.133 e. The van der Waals surface area contributed by atoms with Crippen LogP contribution in [0.4, 0.5) is 0 Å². The molecule has 2 aromatic heterocycles. The highest BCUT2D eigenvalue weighted by Crippen LogP contribution is 2.28. The summed E-state index contributed by atoms with van der Waals surface area (Å²) in [4.78, 5) is 16.7. The minimum absolute atomic E-state index is 0.475. The summed E-state index contributed by atoms with van der Waals surface area (Å²) in [7, 11) is 0. The first-order valence-corrected chi connectivity index (χ1v) is 5.52. The molecule has 13 heavy (non-hydrogen) atoms. The molecule has 2 aromatic rings. The van der Waals surface area contributed by atoms with Crippen molar-refractivity contribution in [3.63, 3.8) is 0 Å². The second-order valence-corrected chi connectivity index (χ2v) is 4.54. The zero-order valence-electron chi connectivity index (χ0n) is 6.77. The number of aromatic nitrogens is 1. The van der Waals surface area contributed by atoms with Gasteiger partial charge in [0, 0.05) is 17.5 Å². The number of nitrogens with zero attached hydrogens (tertiary/aromatic N) is 1. The Hall–Kier alpha value is -1.00. The first kappa shape index (κ1) is 8.59. The summed E-state index contributed by atoms with van der Waals surface area (Å²) in [5, 5.41) is 3.03. The number of rotatable bonds is 3. The maximum absolute atomic E-state index is 10.3. The maximum Gasteiger partial charge on any atom is 0.133 e. The van der Waals surface area contributed by atoms with Crippen LogP contribution in [0.15, 0.2) is 23.7 Å². The lowest BCUT2D eigenvalue weighted by atomic mass is 10.4. The number of thiazole rings is 1. The Morgan fingerprint density at radius 2 is 2.46 bits per heavy atom. The molecule has 0 bridgehead atoms. The van der Waals surface area contributed by atoms with Gasteiger partial charge in [-0.15, -0.1) is 22.7 Å². The van der Waals surface area contributed by atoms with Gasteiger partial charge in [-0.25, -0.2) is 4.98 Å². The summed E-state index contributed by atoms with van der Waals surface area (Å²) in [5.74, 6) is 0. The molecule has 0 unspecified atom stereocenters. The van der Waals surface area contributed by atoms with Gasteiger partial charge in [0.1, 0.15) is 11.3 Å². The van der Waals surface area contributed by atoms with Gasteiger partial charge in [-0.05, 0) is 11.4 Å². The van der Waals surface area contributed by atoms with Crippen LogP contribution in [-0.2, 0) is 11.2 Å². The standard InChI is InChI=1S/C9H7NOS2/c11-4-3-7-6-10-9(13-7)8-2-1-5-12-8/h1-2,4-6H,3H2. The molecule has 0 spiro atoms. The Labute approximate surface area is 83.9 Å². The first-order valence-electron chi connectivity index (χ1n) is 3.82. The van der Waals surface area contributed by atoms with Gasteiger partial charge in [-0.1, -0.05) is 6.07 Å². The van der Waals surface area contributed by atoms with E-state index in [1.807, 2.05) is 17.5 Å². The zero-order valence-corrected chi connectivity index (χ0v) is 8.40. The van der Waals surface area contributed by atoms with E-state index in [0.717, 1.165) is 16.2 Å². The van der Waals surface area contributed by atoms with Crippen molar-refractivity contribution < 1.29 is 4.79 Å². The average Bonchev–Trinajstić information content (AvgIpc) is 2.70. The SMILES string of the molecule is O=CCc1cnc(-c2cccs2)s1. The number of aldehydes is 1. The largest absolute Gasteiger partial charge is 0.303 e. The number of carbonyl (C=O) groups is 1. The average molecular weight is 209 g/mol. The van der Waals surface area contributed by atoms with E-state index in [1.54, 1.807) is 28.9 Å². The second kappa shape index (κ2) is 3.81. The Morgan fingerprint density at radius 1 is 1.54 bits per heavy atom. The van der Waals surface area contributed by atoms with E-state index in [9.17, 15) is 4.79 Å². The van der Waals surface area contributed by atoms with E-state index in [-0.39, 0.29) is 0 Å². The predicted octanol–water partition coefficient (Wildman–Crippen LogP) is 2.61. The van der Waals surface area contributed by atoms with Crippen LogP contribution in [0.25, 0.3) is 9.88 Å². The fraction of sp³-hybridized carbons (Fsp3) is 0.111. The molecule has 0 aliphatic heterocycles. The van der Waals surface area contributed by atoms with Gasteiger partial charge < -0.3 is 4.79 Å². The quantitative estimate of drug-likeness (QED) is 0.727. The van der Waals surface area contributed by atoms with E-state index in [0.29, 0.717) is 6.42 Å². The minimum Gasteiger partial charge on any atom is -0.303 e. The Balaban J connectivity index is 2.28. The summed E-state index contributed by atoms with van der Waals surface area (Å²) < 4.78 is 0. The van der Waals surface area contributed by atoms with Gasteiger partial charge in [-0.2, -0.15) is 0 Å². The molecule has 0 saturated heterocycles. The van der Waals surface area contributed by atoms with Crippen molar-refractivity contribution in [3.8, 4) is 9.88 Å². The molecule has 0 aliphatic rings. The van der Waals surface area contributed by atoms with Crippen LogP contribution in [0.1, 0.15) is 4.88 Å². The molecule has 0 amide bonds. The molecule has 4 heteroatoms. The number of hydrogen-bond acceptors (Lipinski definition) is 4. The molecule has 2 heterocycles. The Morgan fingerprint density at radius 3 is 3.15 bits per heavy atom. The van der Waals surface area contributed by atoms with E-state index in [1.165, 1.54) is 4.88 Å². The molecule has 0 fully saturated rings. The van der Waals surface area contributed by atoms with Crippen molar-refractivity contribution in [2.45, 2.75) is 6.42 Å². The topological polar surface area (TPSA) is 30.0 Å². The third-order valence-electron chi connectivity index (χ3n) is 1.57. The van der Waals surface area contributed by atoms with Crippen molar-refractivity contribution in [1.82, 2.24) is 4.98 Å². The zero-order chi connectivity index (χ0) is 9.10. The van der Waals surface area contributed by atoms with Crippen LogP contribution in [-0.4, -0.2) is 11.3 Å². The van der Waals surface area contributed by atoms with Gasteiger partial charge in [0.05, 0.1) is 4.88 Å². The monoisotopic (exact) mass is 209 g/mol. The predicted molar refractivity (Wildman–Crippen MR) is 55.2 cm³/mol. The van der Waals surface area contributed by atoms with Crippen molar-refractivity contribution in [1.29, 1.82) is 0 Å². The lowest BCUT2D eigenvalue weighted by Gasteiger charge is -1.85. The molecular weight excluding hydrogens is 202 g/mol. The van der Waals surface area contributed by atoms with E-state index < -0.39 is 0 Å². The summed E-state index contributed by atoms with van der Waals surface area (Å²) >= 11 is 3.25. The lowest BCUT2D eigenvalue weighted by Crippen LogP contribution is -1.76. The minimum atomic E-state index is 0.475. The number of thiophene rings is 1. The molecule has 0 N–H and O–H groups in total. The van der Waals surface area contributed by atoms with Gasteiger partial charge in [-0.3, -0.25) is 0 Å². The summed E-state index contributed by atoms with van der Waals surface area (Å²) in [5.41, 5.74) is 0. The molecule has 2 nitrogen and oxygen atoms in total. The van der Waals surface area contributed by atoms with Crippen LogP contribution >= 0.6 is 22.7 Å². The molecule has 0 aliphatic carbocycles. The highest BCUT2D eigenvalue weighted by atomic mass is 32.1. The van der Waals surface area contributed by atoms with E-state index in [4.69, 9.17) is 0 Å². The van der Waals surface area contributed by atoms with Crippen molar-refractivity contribution in [2.24, 2.45) is 0 Å². The third kappa shape index (κ3) is 1.84. The molecule has 0 atom stereocenters. The van der Waals surface area contributed by atoms with Crippen molar-refractivity contribution >= 4 is 29.0 Å². The highest BCUT2D eigenvalue weighted by Gasteiger charge is 2.04. The molecule has 66 valence electrons. The van der Waals surface area contributed by atoms with Crippen LogP contribution in [0.3, 0.4) is 0 Å². The summed E-state index contributed by atoms with van der Waals surface area (Å²) in [6.07, 6.45) is 3.16. The van der Waals surface area contributed by atoms with Gasteiger partial charge in [0.15, 0.2) is 0 Å². The van der Waals surface area contributed by atoms with Gasteiger partial charge in [0.25, 0.3) is 0 Å². The van der Waals surface area contributed by atoms with E-state index in [2.05, 4.69) is 4.98 Å². The summed E-state index contributed by atoms with van der Waals surface area (Å²) in [6.45, 7) is 0. The normalized spacial score (nSPS) is 10.2. The first-order chi connectivity index (χ1) is 6.40. The fourth-order valence-electron chi connectivity index (χ4n) is 0.998. The Bertz CT molecular complexity index is 391. The fourth-order valence-corrected chi connectivity index (χ4v) is 2.66. The lowest BCUT2D eigenvalue weighted by molar-refractivity contribution is -0.107. The van der Waals surface area contributed by atoms with E-state index >= 15 is 0 Å². The second-order valence-electron chi connectivity index (χ2n) is 2.48. The highest BCUT2D eigenvalue weighted by molar-refractivity contribution is 7.21. The van der Waals surface area contributed by atoms with Gasteiger partial charge in [0.2, 0.25) is 0 Å². The van der Waals surface area contributed by atoms with Crippen molar-refractivity contribution in [3.05, 3.63) is 28.6 Å². The van der Waals surface area contributed by atoms with Crippen LogP contribution in [0.2, 0.25) is 0 Å². The molecule has 0 aromatic carbocycles. The third-order valence-corrected chi connectivity index (χ3v) is 3.63. The van der Waals surface area contributed by atoms with Crippen LogP contribution < -0.4 is 0 Å². The van der Waals surface area contributed by atoms with Gasteiger partial charge >= 0.3 is 0 Å². The van der Waals surface area contributed by atoms with Crippen molar-refractivity contribution in [2.75, 3.05) is 0 Å². The molecule has 0 radical (unpaired) electrons. The van der Waals surface area contributed by atoms with Crippen LogP contribution in [0.5, 0.6) is 0 Å². The maximum atomic E-state index is 10.3. The number of carbonyl (C=O) groups excluding carboxylic acids is 1. The summed E-state index contributed by atoms with van der Waals surface area (Å²) in [6, 6.07) is 4.04. The molecule has 2 rings (SSSR count). The Kier molecular flexibility index (Phi) is 2.52. The number of hydrogen-bond donors (Lipinski definition) is 0.